The molecule has 2 N–H and O–H groups in total. The fourth-order valence-electron chi connectivity index (χ4n) is 3.45. The van der Waals surface area contributed by atoms with Gasteiger partial charge in [-0.25, -0.2) is 8.42 Å². The number of ether oxygens (including phenoxy) is 1. The fraction of sp³-hybridized carbons (Fsp3) is 0.421. The minimum atomic E-state index is -3.50. The van der Waals surface area contributed by atoms with Gasteiger partial charge in [0.25, 0.3) is 0 Å². The standard InChI is InChI=1S/C19H24N2O4S.ClH/c1-25-17-6-5-15-11-14(3-4-16(15)12-17)13-21-18(22)19(26(2,23)24)7-9-20-10-8-19;/h3-6,11-12,20H,7-10,13H2,1-2H3,(H,21,22);1H. The molecule has 0 atom stereocenters. The van der Waals surface area contributed by atoms with Crippen LogP contribution in [-0.2, 0) is 21.2 Å². The van der Waals surface area contributed by atoms with Crippen LogP contribution < -0.4 is 15.4 Å². The van der Waals surface area contributed by atoms with E-state index in [1.165, 1.54) is 0 Å². The molecule has 148 valence electrons. The first-order chi connectivity index (χ1) is 12.4. The van der Waals surface area contributed by atoms with Gasteiger partial charge in [-0.2, -0.15) is 0 Å². The van der Waals surface area contributed by atoms with Crippen molar-refractivity contribution in [2.75, 3.05) is 26.5 Å². The number of carbonyl (C=O) groups excluding carboxylic acids is 1. The maximum absolute atomic E-state index is 12.8. The lowest BCUT2D eigenvalue weighted by Gasteiger charge is -2.34. The molecule has 8 heteroatoms. The highest BCUT2D eigenvalue weighted by Crippen LogP contribution is 2.28. The third-order valence-electron chi connectivity index (χ3n) is 5.10. The summed E-state index contributed by atoms with van der Waals surface area (Å²) in [5.41, 5.74) is 0.925. The Labute approximate surface area is 166 Å². The fourth-order valence-corrected chi connectivity index (χ4v) is 4.81. The zero-order valence-corrected chi connectivity index (χ0v) is 17.1. The van der Waals surface area contributed by atoms with Crippen LogP contribution in [0.4, 0.5) is 0 Å². The smallest absolute Gasteiger partial charge is 0.241 e. The second kappa shape index (κ2) is 8.46. The molecule has 1 aliphatic rings. The van der Waals surface area contributed by atoms with Gasteiger partial charge < -0.3 is 15.4 Å². The van der Waals surface area contributed by atoms with Gasteiger partial charge in [0, 0.05) is 12.8 Å². The predicted octanol–water partition coefficient (Wildman–Crippen LogP) is 2.05. The summed E-state index contributed by atoms with van der Waals surface area (Å²) in [6.45, 7) is 1.35. The van der Waals surface area contributed by atoms with E-state index in [-0.39, 0.29) is 12.4 Å². The highest BCUT2D eigenvalue weighted by molar-refractivity contribution is 7.92. The number of carbonyl (C=O) groups is 1. The second-order valence-corrected chi connectivity index (χ2v) is 9.07. The van der Waals surface area contributed by atoms with Crippen molar-refractivity contribution in [3.05, 3.63) is 42.0 Å². The van der Waals surface area contributed by atoms with Gasteiger partial charge >= 0.3 is 0 Å². The highest BCUT2D eigenvalue weighted by atomic mass is 35.5. The van der Waals surface area contributed by atoms with Crippen LogP contribution in [0.5, 0.6) is 5.75 Å². The molecular formula is C19H25ClN2O4S. The molecule has 0 bridgehead atoms. The van der Waals surface area contributed by atoms with Crippen molar-refractivity contribution < 1.29 is 17.9 Å². The van der Waals surface area contributed by atoms with E-state index in [9.17, 15) is 13.2 Å². The molecule has 0 spiro atoms. The van der Waals surface area contributed by atoms with E-state index in [1.807, 2.05) is 36.4 Å². The Kier molecular flexibility index (Phi) is 6.72. The van der Waals surface area contributed by atoms with Crippen LogP contribution in [0.15, 0.2) is 36.4 Å². The van der Waals surface area contributed by atoms with Crippen LogP contribution in [0.1, 0.15) is 18.4 Å². The van der Waals surface area contributed by atoms with Crippen molar-refractivity contribution in [2.45, 2.75) is 24.1 Å². The third-order valence-corrected chi connectivity index (χ3v) is 7.11. The predicted molar refractivity (Wildman–Crippen MR) is 109 cm³/mol. The lowest BCUT2D eigenvalue weighted by Crippen LogP contribution is -2.57. The summed E-state index contributed by atoms with van der Waals surface area (Å²) in [5.74, 6) is 0.385. The number of rotatable bonds is 5. The summed E-state index contributed by atoms with van der Waals surface area (Å²) >= 11 is 0. The Hall–Kier alpha value is -1.83. The minimum Gasteiger partial charge on any atom is -0.497 e. The van der Waals surface area contributed by atoms with Crippen molar-refractivity contribution in [3.63, 3.8) is 0 Å². The number of methoxy groups -OCH3 is 1. The van der Waals surface area contributed by atoms with Gasteiger partial charge in [-0.15, -0.1) is 12.4 Å². The number of hydrogen-bond donors (Lipinski definition) is 2. The number of halogens is 1. The van der Waals surface area contributed by atoms with Gasteiger partial charge in [-0.3, -0.25) is 4.79 Å². The van der Waals surface area contributed by atoms with E-state index in [2.05, 4.69) is 10.6 Å². The Morgan fingerprint density at radius 1 is 1.15 bits per heavy atom. The first-order valence-electron chi connectivity index (χ1n) is 8.61. The maximum Gasteiger partial charge on any atom is 0.241 e. The van der Waals surface area contributed by atoms with Crippen LogP contribution in [-0.4, -0.2) is 45.5 Å². The number of benzene rings is 2. The van der Waals surface area contributed by atoms with Gasteiger partial charge in [0.1, 0.15) is 5.75 Å². The molecule has 1 heterocycles. The summed E-state index contributed by atoms with van der Waals surface area (Å²) < 4.78 is 28.5. The molecule has 1 fully saturated rings. The van der Waals surface area contributed by atoms with Crippen LogP contribution in [0.3, 0.4) is 0 Å². The lowest BCUT2D eigenvalue weighted by molar-refractivity contribution is -0.124. The largest absolute Gasteiger partial charge is 0.497 e. The molecule has 27 heavy (non-hydrogen) atoms. The topological polar surface area (TPSA) is 84.5 Å². The minimum absolute atomic E-state index is 0. The number of hydrogen-bond acceptors (Lipinski definition) is 5. The average molecular weight is 413 g/mol. The summed E-state index contributed by atoms with van der Waals surface area (Å²) in [5, 5.41) is 8.03. The number of piperidine rings is 1. The van der Waals surface area contributed by atoms with E-state index in [0.29, 0.717) is 32.5 Å². The van der Waals surface area contributed by atoms with E-state index in [1.54, 1.807) is 7.11 Å². The Bertz CT molecular complexity index is 924. The van der Waals surface area contributed by atoms with E-state index in [0.717, 1.165) is 28.3 Å². The molecule has 0 unspecified atom stereocenters. The zero-order valence-electron chi connectivity index (χ0n) is 15.4. The van der Waals surface area contributed by atoms with Gasteiger partial charge in [0.2, 0.25) is 5.91 Å². The maximum atomic E-state index is 12.8. The van der Waals surface area contributed by atoms with E-state index >= 15 is 0 Å². The number of fused-ring (bicyclic) bond motifs is 1. The number of nitrogens with one attached hydrogen (secondary N) is 2. The first-order valence-corrected chi connectivity index (χ1v) is 10.5. The molecule has 2 aromatic rings. The summed E-state index contributed by atoms with van der Waals surface area (Å²) in [6, 6.07) is 11.7. The van der Waals surface area contributed by atoms with Crippen LogP contribution in [0.25, 0.3) is 10.8 Å². The van der Waals surface area contributed by atoms with E-state index in [4.69, 9.17) is 4.74 Å². The molecule has 2 aromatic carbocycles. The molecule has 1 saturated heterocycles. The van der Waals surface area contributed by atoms with Crippen LogP contribution >= 0.6 is 12.4 Å². The first kappa shape index (κ1) is 21.5. The molecule has 3 rings (SSSR count). The van der Waals surface area contributed by atoms with Crippen LogP contribution in [0.2, 0.25) is 0 Å². The number of sulfone groups is 1. The normalized spacial score (nSPS) is 16.4. The summed E-state index contributed by atoms with van der Waals surface area (Å²) in [7, 11) is -1.87. The van der Waals surface area contributed by atoms with Crippen LogP contribution in [0, 0.1) is 0 Å². The molecule has 6 nitrogen and oxygen atoms in total. The molecule has 0 radical (unpaired) electrons. The van der Waals surface area contributed by atoms with Crippen molar-refractivity contribution in [1.82, 2.24) is 10.6 Å². The molecule has 0 aliphatic carbocycles. The van der Waals surface area contributed by atoms with Crippen molar-refractivity contribution >= 4 is 38.9 Å². The zero-order chi connectivity index (χ0) is 18.8. The van der Waals surface area contributed by atoms with Gasteiger partial charge in [0.15, 0.2) is 14.6 Å². The molecule has 0 aromatic heterocycles. The van der Waals surface area contributed by atoms with Gasteiger partial charge in [0.05, 0.1) is 7.11 Å². The molecule has 1 amide bonds. The van der Waals surface area contributed by atoms with Gasteiger partial charge in [-0.05, 0) is 60.5 Å². The lowest BCUT2D eigenvalue weighted by atomic mass is 9.95. The Balaban J connectivity index is 0.00000261. The van der Waals surface area contributed by atoms with Crippen molar-refractivity contribution in [1.29, 1.82) is 0 Å². The highest BCUT2D eigenvalue weighted by Gasteiger charge is 2.48. The Morgan fingerprint density at radius 3 is 2.41 bits per heavy atom. The quantitative estimate of drug-likeness (QED) is 0.785. The molecule has 1 aliphatic heterocycles. The van der Waals surface area contributed by atoms with E-state index < -0.39 is 20.5 Å². The second-order valence-electron chi connectivity index (χ2n) is 6.75. The van der Waals surface area contributed by atoms with Crippen molar-refractivity contribution in [2.24, 2.45) is 0 Å². The SMILES string of the molecule is COc1ccc2cc(CNC(=O)C3(S(C)(=O)=O)CCNCC3)ccc2c1.Cl. The summed E-state index contributed by atoms with van der Waals surface area (Å²) in [4.78, 5) is 12.8. The summed E-state index contributed by atoms with van der Waals surface area (Å²) in [6.07, 6.45) is 1.76. The monoisotopic (exact) mass is 412 g/mol. The average Bonchev–Trinajstić information content (AvgIpc) is 2.65. The van der Waals surface area contributed by atoms with Crippen molar-refractivity contribution in [3.8, 4) is 5.75 Å². The van der Waals surface area contributed by atoms with Gasteiger partial charge in [-0.1, -0.05) is 18.2 Å². The molecule has 0 saturated carbocycles. The molecular weight excluding hydrogens is 388 g/mol. The Morgan fingerprint density at radius 2 is 1.78 bits per heavy atom. The third kappa shape index (κ3) is 4.36. The number of amides is 1.